The maximum Gasteiger partial charge on any atom is 0.0688 e. The molecule has 0 saturated carbocycles. The van der Waals surface area contributed by atoms with E-state index < -0.39 is 0 Å². The number of hydrogen-bond donors (Lipinski definition) is 1. The average Bonchev–Trinajstić information content (AvgIpc) is 2.48. The molecule has 0 aromatic heterocycles. The van der Waals surface area contributed by atoms with E-state index in [4.69, 9.17) is 5.73 Å². The van der Waals surface area contributed by atoms with Gasteiger partial charge in [0.15, 0.2) is 0 Å². The Hall–Kier alpha value is -1.96. The second-order valence-corrected chi connectivity index (χ2v) is 7.01. The molecule has 2 N–H and O–H groups in total. The molecule has 1 aliphatic heterocycles. The normalized spacial score (nSPS) is 15.6. The number of benzene rings is 2. The fraction of sp³-hybridized carbons (Fsp3) is 0.400. The number of anilines is 3. The third-order valence-corrected chi connectivity index (χ3v) is 5.00. The third kappa shape index (κ3) is 1.93. The Bertz CT molecular complexity index is 714. The van der Waals surface area contributed by atoms with Crippen LogP contribution in [-0.2, 0) is 5.41 Å². The largest absolute Gasteiger partial charge is 0.397 e. The van der Waals surface area contributed by atoms with E-state index in [1.807, 2.05) is 0 Å². The van der Waals surface area contributed by atoms with E-state index in [2.05, 4.69) is 75.9 Å². The van der Waals surface area contributed by atoms with Gasteiger partial charge in [-0.2, -0.15) is 0 Å². The zero-order valence-electron chi connectivity index (χ0n) is 14.3. The number of nitrogens with two attached hydrogens (primary N) is 1. The summed E-state index contributed by atoms with van der Waals surface area (Å²) in [5.74, 6) is 0.435. The quantitative estimate of drug-likeness (QED) is 0.772. The van der Waals surface area contributed by atoms with Crippen molar-refractivity contribution in [3.05, 3.63) is 53.1 Å². The van der Waals surface area contributed by atoms with Gasteiger partial charge in [0.25, 0.3) is 0 Å². The highest BCUT2D eigenvalue weighted by Crippen LogP contribution is 2.51. The maximum atomic E-state index is 6.61. The molecule has 0 amide bonds. The van der Waals surface area contributed by atoms with Gasteiger partial charge >= 0.3 is 0 Å². The molecular formula is C20H26N2. The molecule has 1 aliphatic rings. The van der Waals surface area contributed by atoms with Crippen LogP contribution in [-0.4, -0.2) is 6.54 Å². The Labute approximate surface area is 134 Å². The van der Waals surface area contributed by atoms with Crippen molar-refractivity contribution in [1.82, 2.24) is 0 Å². The average molecular weight is 294 g/mol. The van der Waals surface area contributed by atoms with Gasteiger partial charge in [-0.1, -0.05) is 58.0 Å². The van der Waals surface area contributed by atoms with Crippen molar-refractivity contribution >= 4 is 17.1 Å². The Morgan fingerprint density at radius 1 is 1.05 bits per heavy atom. The van der Waals surface area contributed by atoms with Gasteiger partial charge in [-0.25, -0.2) is 0 Å². The van der Waals surface area contributed by atoms with E-state index in [1.165, 1.54) is 28.1 Å². The topological polar surface area (TPSA) is 29.3 Å². The molecule has 2 heteroatoms. The summed E-state index contributed by atoms with van der Waals surface area (Å²) in [7, 11) is 0. The zero-order valence-corrected chi connectivity index (χ0v) is 14.3. The van der Waals surface area contributed by atoms with E-state index in [0.29, 0.717) is 5.92 Å². The predicted molar refractivity (Wildman–Crippen MR) is 96.2 cm³/mol. The first-order valence-corrected chi connectivity index (χ1v) is 8.19. The van der Waals surface area contributed by atoms with E-state index in [1.54, 1.807) is 0 Å². The molecule has 0 fully saturated rings. The maximum absolute atomic E-state index is 6.61. The van der Waals surface area contributed by atoms with E-state index in [0.717, 1.165) is 12.2 Å². The number of rotatable bonds is 2. The Morgan fingerprint density at radius 3 is 2.36 bits per heavy atom. The van der Waals surface area contributed by atoms with Crippen LogP contribution in [0.3, 0.4) is 0 Å². The summed E-state index contributed by atoms with van der Waals surface area (Å²) in [4.78, 5) is 2.37. The number of hydrogen-bond acceptors (Lipinski definition) is 2. The molecule has 0 aliphatic carbocycles. The number of fused-ring (bicyclic) bond motifs is 2. The number of para-hydroxylation sites is 1. The van der Waals surface area contributed by atoms with Gasteiger partial charge in [0.1, 0.15) is 0 Å². The highest BCUT2D eigenvalue weighted by atomic mass is 15.2. The summed E-state index contributed by atoms with van der Waals surface area (Å²) in [6, 6.07) is 13.2. The molecule has 2 nitrogen and oxygen atoms in total. The molecule has 22 heavy (non-hydrogen) atoms. The van der Waals surface area contributed by atoms with Crippen LogP contribution >= 0.6 is 0 Å². The third-order valence-electron chi connectivity index (χ3n) is 5.00. The number of nitrogen functional groups attached to an aromatic ring is 1. The molecule has 116 valence electrons. The van der Waals surface area contributed by atoms with Crippen molar-refractivity contribution in [2.75, 3.05) is 17.2 Å². The van der Waals surface area contributed by atoms with Crippen molar-refractivity contribution in [2.45, 2.75) is 46.0 Å². The monoisotopic (exact) mass is 294 g/mol. The van der Waals surface area contributed by atoms with Gasteiger partial charge in [-0.3, -0.25) is 0 Å². The first kappa shape index (κ1) is 15.0. The lowest BCUT2D eigenvalue weighted by Crippen LogP contribution is -2.33. The fourth-order valence-corrected chi connectivity index (χ4v) is 3.75. The van der Waals surface area contributed by atoms with Crippen molar-refractivity contribution in [1.29, 1.82) is 0 Å². The molecule has 2 aromatic rings. The summed E-state index contributed by atoms with van der Waals surface area (Å²) in [5, 5.41) is 0. The van der Waals surface area contributed by atoms with Crippen molar-refractivity contribution in [3.63, 3.8) is 0 Å². The van der Waals surface area contributed by atoms with E-state index >= 15 is 0 Å². The summed E-state index contributed by atoms with van der Waals surface area (Å²) in [6.45, 7) is 12.1. The van der Waals surface area contributed by atoms with Crippen LogP contribution in [0.4, 0.5) is 17.1 Å². The lowest BCUT2D eigenvalue weighted by molar-refractivity contribution is 0.625. The van der Waals surface area contributed by atoms with Crippen LogP contribution in [0, 0.1) is 0 Å². The van der Waals surface area contributed by atoms with Gasteiger partial charge < -0.3 is 10.6 Å². The second kappa shape index (κ2) is 5.05. The van der Waals surface area contributed by atoms with Crippen LogP contribution in [0.15, 0.2) is 36.4 Å². The summed E-state index contributed by atoms with van der Waals surface area (Å²) >= 11 is 0. The molecule has 1 heterocycles. The highest BCUT2D eigenvalue weighted by molar-refractivity contribution is 5.87. The van der Waals surface area contributed by atoms with Crippen LogP contribution in [0.1, 0.15) is 57.2 Å². The van der Waals surface area contributed by atoms with Gasteiger partial charge in [0.2, 0.25) is 0 Å². The molecule has 0 unspecified atom stereocenters. The lowest BCUT2D eigenvalue weighted by atomic mass is 9.72. The molecule has 0 saturated heterocycles. The summed E-state index contributed by atoms with van der Waals surface area (Å²) in [5.41, 5.74) is 14.0. The summed E-state index contributed by atoms with van der Waals surface area (Å²) < 4.78 is 0. The smallest absolute Gasteiger partial charge is 0.0688 e. The van der Waals surface area contributed by atoms with Gasteiger partial charge in [-0.15, -0.1) is 0 Å². The molecule has 0 radical (unpaired) electrons. The molecule has 2 aromatic carbocycles. The second-order valence-electron chi connectivity index (χ2n) is 7.01. The summed E-state index contributed by atoms with van der Waals surface area (Å²) in [6.07, 6.45) is 0. The number of nitrogens with zero attached hydrogens (tertiary/aromatic N) is 1. The van der Waals surface area contributed by atoms with E-state index in [-0.39, 0.29) is 5.41 Å². The van der Waals surface area contributed by atoms with Crippen molar-refractivity contribution < 1.29 is 0 Å². The Kier molecular flexibility index (Phi) is 3.43. The zero-order chi connectivity index (χ0) is 16.1. The van der Waals surface area contributed by atoms with Crippen LogP contribution in [0.5, 0.6) is 0 Å². The molecule has 3 rings (SSSR count). The van der Waals surface area contributed by atoms with Gasteiger partial charge in [0, 0.05) is 17.6 Å². The highest BCUT2D eigenvalue weighted by Gasteiger charge is 2.37. The standard InChI is InChI=1S/C20H26N2/c1-6-22-17-10-8-7-9-15(17)20(4,5)16-12-11-14(13(2)3)18(21)19(16)22/h7-13H,6,21H2,1-5H3. The predicted octanol–water partition coefficient (Wildman–Crippen LogP) is 5.19. The van der Waals surface area contributed by atoms with Crippen molar-refractivity contribution in [2.24, 2.45) is 0 Å². The molecule has 0 spiro atoms. The Morgan fingerprint density at radius 2 is 1.73 bits per heavy atom. The van der Waals surface area contributed by atoms with Crippen LogP contribution in [0.25, 0.3) is 0 Å². The molecular weight excluding hydrogens is 268 g/mol. The fourth-order valence-electron chi connectivity index (χ4n) is 3.75. The van der Waals surface area contributed by atoms with Crippen LogP contribution < -0.4 is 10.6 Å². The molecule has 0 atom stereocenters. The molecule has 0 bridgehead atoms. The minimum Gasteiger partial charge on any atom is -0.397 e. The van der Waals surface area contributed by atoms with E-state index in [9.17, 15) is 0 Å². The van der Waals surface area contributed by atoms with Crippen molar-refractivity contribution in [3.8, 4) is 0 Å². The lowest BCUT2D eigenvalue weighted by Gasteiger charge is -2.42. The first-order chi connectivity index (χ1) is 10.4. The minimum atomic E-state index is -0.0266. The van der Waals surface area contributed by atoms with Gasteiger partial charge in [0.05, 0.1) is 11.4 Å². The Balaban J connectivity index is 2.35. The first-order valence-electron chi connectivity index (χ1n) is 8.19. The SMILES string of the molecule is CCN1c2ccccc2C(C)(C)c2ccc(C(C)C)c(N)c21. The van der Waals surface area contributed by atoms with Gasteiger partial charge in [-0.05, 0) is 35.6 Å². The minimum absolute atomic E-state index is 0.0266. The van der Waals surface area contributed by atoms with Crippen LogP contribution in [0.2, 0.25) is 0 Å².